The number of aryl methyl sites for hydroxylation is 1. The van der Waals surface area contributed by atoms with Crippen molar-refractivity contribution in [2.75, 3.05) is 21.3 Å². The van der Waals surface area contributed by atoms with E-state index in [2.05, 4.69) is 17.0 Å². The summed E-state index contributed by atoms with van der Waals surface area (Å²) < 4.78 is 18.2. The van der Waals surface area contributed by atoms with Crippen LogP contribution in [0.5, 0.6) is 0 Å². The highest BCUT2D eigenvalue weighted by molar-refractivity contribution is 6.60. The van der Waals surface area contributed by atoms with Crippen molar-refractivity contribution in [1.29, 1.82) is 0 Å². The number of aromatic nitrogens is 1. The monoisotopic (exact) mass is 229 g/mol. The van der Waals surface area contributed by atoms with E-state index in [9.17, 15) is 0 Å². The van der Waals surface area contributed by atoms with Crippen LogP contribution in [0.4, 0.5) is 0 Å². The lowest BCUT2D eigenvalue weighted by atomic mass is 10.5. The lowest BCUT2D eigenvalue weighted by Gasteiger charge is -2.24. The summed E-state index contributed by atoms with van der Waals surface area (Å²) in [5.74, 6) is 0. The van der Waals surface area contributed by atoms with Crippen molar-refractivity contribution in [1.82, 2.24) is 4.57 Å². The highest BCUT2D eigenvalue weighted by atomic mass is 28.4. The van der Waals surface area contributed by atoms with Crippen LogP contribution in [-0.2, 0) is 19.8 Å². The average Bonchev–Trinajstić information content (AvgIpc) is 2.78. The smallest absolute Gasteiger partial charge is 0.377 e. The van der Waals surface area contributed by atoms with Crippen molar-refractivity contribution in [2.45, 2.75) is 19.0 Å². The largest absolute Gasteiger partial charge is 0.500 e. The second-order valence-corrected chi connectivity index (χ2v) is 6.41. The van der Waals surface area contributed by atoms with Crippen LogP contribution in [0.1, 0.15) is 6.42 Å². The quantitative estimate of drug-likeness (QED) is 0.668. The summed E-state index contributed by atoms with van der Waals surface area (Å²) in [6, 6.07) is 4.88. The van der Waals surface area contributed by atoms with E-state index in [1.165, 1.54) is 0 Å². The third kappa shape index (κ3) is 3.46. The van der Waals surface area contributed by atoms with E-state index in [0.717, 1.165) is 19.0 Å². The molecule has 0 unspecified atom stereocenters. The van der Waals surface area contributed by atoms with Gasteiger partial charge in [0, 0.05) is 46.3 Å². The van der Waals surface area contributed by atoms with E-state index in [4.69, 9.17) is 13.3 Å². The van der Waals surface area contributed by atoms with Crippen LogP contribution in [0.2, 0.25) is 6.04 Å². The Morgan fingerprint density at radius 1 is 1.00 bits per heavy atom. The van der Waals surface area contributed by atoms with Crippen molar-refractivity contribution in [3.63, 3.8) is 0 Å². The van der Waals surface area contributed by atoms with E-state index in [1.807, 2.05) is 12.1 Å². The highest BCUT2D eigenvalue weighted by Crippen LogP contribution is 2.15. The van der Waals surface area contributed by atoms with Crippen molar-refractivity contribution in [3.05, 3.63) is 24.5 Å². The SMILES string of the molecule is CO[Si](CCCn1cccc1)(OC)OC. The van der Waals surface area contributed by atoms with Gasteiger partial charge in [0.1, 0.15) is 0 Å². The van der Waals surface area contributed by atoms with Gasteiger partial charge >= 0.3 is 8.80 Å². The summed E-state index contributed by atoms with van der Waals surface area (Å²) in [6.07, 6.45) is 5.10. The Morgan fingerprint density at radius 2 is 1.53 bits per heavy atom. The Labute approximate surface area is 92.1 Å². The Balaban J connectivity index is 2.34. The first-order chi connectivity index (χ1) is 7.26. The molecule has 0 bridgehead atoms. The summed E-state index contributed by atoms with van der Waals surface area (Å²) in [5.41, 5.74) is 0. The summed E-state index contributed by atoms with van der Waals surface area (Å²) in [7, 11) is 2.58. The maximum Gasteiger partial charge on any atom is 0.500 e. The van der Waals surface area contributed by atoms with Crippen molar-refractivity contribution < 1.29 is 13.3 Å². The van der Waals surface area contributed by atoms with Gasteiger partial charge in [0.25, 0.3) is 0 Å². The molecule has 5 heteroatoms. The molecule has 0 spiro atoms. The van der Waals surface area contributed by atoms with E-state index in [1.54, 1.807) is 21.3 Å². The highest BCUT2D eigenvalue weighted by Gasteiger charge is 2.36. The van der Waals surface area contributed by atoms with E-state index >= 15 is 0 Å². The molecule has 0 radical (unpaired) electrons. The summed E-state index contributed by atoms with van der Waals surface area (Å²) in [5, 5.41) is 0. The summed E-state index contributed by atoms with van der Waals surface area (Å²) in [6.45, 7) is 0.970. The fraction of sp³-hybridized carbons (Fsp3) is 0.600. The molecule has 0 aromatic carbocycles. The maximum absolute atomic E-state index is 5.34. The second-order valence-electron chi connectivity index (χ2n) is 3.32. The minimum atomic E-state index is -2.36. The molecule has 0 atom stereocenters. The Bertz CT molecular complexity index is 251. The predicted molar refractivity (Wildman–Crippen MR) is 60.6 cm³/mol. The van der Waals surface area contributed by atoms with Gasteiger partial charge in [0.15, 0.2) is 0 Å². The molecule has 15 heavy (non-hydrogen) atoms. The first-order valence-electron chi connectivity index (χ1n) is 5.02. The minimum Gasteiger partial charge on any atom is -0.377 e. The van der Waals surface area contributed by atoms with Gasteiger partial charge in [-0.1, -0.05) is 0 Å². The molecule has 0 saturated heterocycles. The van der Waals surface area contributed by atoms with Crippen LogP contribution >= 0.6 is 0 Å². The molecule has 0 amide bonds. The van der Waals surface area contributed by atoms with Crippen LogP contribution in [0.15, 0.2) is 24.5 Å². The van der Waals surface area contributed by atoms with Gasteiger partial charge in [-0.05, 0) is 18.6 Å². The lowest BCUT2D eigenvalue weighted by molar-refractivity contribution is 0.122. The first-order valence-corrected chi connectivity index (χ1v) is 6.96. The maximum atomic E-state index is 5.34. The third-order valence-corrected chi connectivity index (χ3v) is 5.33. The molecular formula is C10H19NO3Si. The molecule has 4 nitrogen and oxygen atoms in total. The normalized spacial score (nSPS) is 11.9. The van der Waals surface area contributed by atoms with E-state index < -0.39 is 8.80 Å². The van der Waals surface area contributed by atoms with Crippen molar-refractivity contribution in [2.24, 2.45) is 0 Å². The van der Waals surface area contributed by atoms with Gasteiger partial charge in [-0.2, -0.15) is 0 Å². The van der Waals surface area contributed by atoms with Gasteiger partial charge < -0.3 is 17.8 Å². The van der Waals surface area contributed by atoms with Gasteiger partial charge in [0.05, 0.1) is 0 Å². The standard InChI is InChI=1S/C10H19NO3Si/c1-12-15(13-2,14-3)10-6-9-11-7-4-5-8-11/h4-5,7-8H,6,9-10H2,1-3H3. The molecule has 0 aliphatic rings. The molecule has 1 rings (SSSR count). The molecule has 1 aromatic rings. The van der Waals surface area contributed by atoms with E-state index in [0.29, 0.717) is 0 Å². The number of hydrogen-bond donors (Lipinski definition) is 0. The average molecular weight is 229 g/mol. The number of nitrogens with zero attached hydrogens (tertiary/aromatic N) is 1. The van der Waals surface area contributed by atoms with Gasteiger partial charge in [0.2, 0.25) is 0 Å². The van der Waals surface area contributed by atoms with Gasteiger partial charge in [-0.25, -0.2) is 0 Å². The molecular weight excluding hydrogens is 210 g/mol. The topological polar surface area (TPSA) is 32.6 Å². The predicted octanol–water partition coefficient (Wildman–Crippen LogP) is 1.76. The zero-order valence-electron chi connectivity index (χ0n) is 9.60. The number of hydrogen-bond acceptors (Lipinski definition) is 3. The second kappa shape index (κ2) is 6.07. The van der Waals surface area contributed by atoms with Crippen LogP contribution in [0.25, 0.3) is 0 Å². The van der Waals surface area contributed by atoms with Gasteiger partial charge in [-0.15, -0.1) is 0 Å². The van der Waals surface area contributed by atoms with Crippen molar-refractivity contribution in [3.8, 4) is 0 Å². The lowest BCUT2D eigenvalue weighted by Crippen LogP contribution is -2.42. The van der Waals surface area contributed by atoms with Crippen LogP contribution in [-0.4, -0.2) is 34.7 Å². The first kappa shape index (κ1) is 12.4. The molecule has 0 aliphatic heterocycles. The van der Waals surface area contributed by atoms with Crippen LogP contribution in [0, 0.1) is 0 Å². The Kier molecular flexibility index (Phi) is 5.03. The minimum absolute atomic E-state index is 0.842. The van der Waals surface area contributed by atoms with Gasteiger partial charge in [-0.3, -0.25) is 0 Å². The third-order valence-electron chi connectivity index (χ3n) is 2.50. The summed E-state index contributed by atoms with van der Waals surface area (Å²) >= 11 is 0. The van der Waals surface area contributed by atoms with E-state index in [-0.39, 0.29) is 0 Å². The fourth-order valence-electron chi connectivity index (χ4n) is 1.55. The molecule has 1 heterocycles. The Hall–Kier alpha value is -0.623. The molecule has 0 N–H and O–H groups in total. The van der Waals surface area contributed by atoms with Crippen LogP contribution < -0.4 is 0 Å². The van der Waals surface area contributed by atoms with Crippen molar-refractivity contribution >= 4 is 8.80 Å². The molecule has 0 saturated carbocycles. The molecule has 0 aliphatic carbocycles. The molecule has 86 valence electrons. The fourth-order valence-corrected chi connectivity index (χ4v) is 3.26. The molecule has 1 aromatic heterocycles. The summed E-state index contributed by atoms with van der Waals surface area (Å²) in [4.78, 5) is 0. The number of rotatable bonds is 7. The zero-order chi connectivity index (χ0) is 11.1. The van der Waals surface area contributed by atoms with Crippen LogP contribution in [0.3, 0.4) is 0 Å². The molecule has 0 fully saturated rings. The zero-order valence-corrected chi connectivity index (χ0v) is 10.6. The Morgan fingerprint density at radius 3 is 2.00 bits per heavy atom.